The molecule has 150 heavy (non-hydrogen) atoms. The van der Waals surface area contributed by atoms with Crippen LogP contribution in [0.25, 0.3) is 0 Å². The van der Waals surface area contributed by atoms with E-state index in [1.165, 1.54) is 30.4 Å². The van der Waals surface area contributed by atoms with E-state index < -0.39 is 120 Å². The number of nitrogens with zero attached hydrogens (tertiary/aromatic N) is 1. The van der Waals surface area contributed by atoms with E-state index in [9.17, 15) is 63.0 Å². The fourth-order valence-electron chi connectivity index (χ4n) is 19.9. The maximum Gasteiger partial charge on any atom is 0.407 e. The van der Waals surface area contributed by atoms with E-state index in [4.69, 9.17) is 119 Å². The minimum absolute atomic E-state index is 0.000379. The molecule has 2 aromatic rings. The minimum atomic E-state index is -1.30. The number of aliphatic hydroxyl groups is 1. The molecule has 13 rings (SSSR count). The molecule has 0 saturated carbocycles. The number of ether oxygens (including phenoxy) is 24. The summed E-state index contributed by atoms with van der Waals surface area (Å²) in [4.78, 5) is 143. The second-order valence-electron chi connectivity index (χ2n) is 39.1. The molecule has 10 saturated heterocycles. The van der Waals surface area contributed by atoms with Gasteiger partial charge < -0.3 is 162 Å². The van der Waals surface area contributed by atoms with E-state index in [1.54, 1.807) is 45.2 Å². The van der Waals surface area contributed by atoms with Crippen LogP contribution in [0, 0.1) is 17.8 Å². The Labute approximate surface area is 875 Å². The number of urea groups is 1. The number of methoxy groups -OCH3 is 1. The van der Waals surface area contributed by atoms with Crippen LogP contribution >= 0.6 is 0 Å². The number of aromatic carboxylic acids is 1. The van der Waals surface area contributed by atoms with Gasteiger partial charge in [-0.2, -0.15) is 0 Å². The Morgan fingerprint density at radius 2 is 1.07 bits per heavy atom. The van der Waals surface area contributed by atoms with E-state index in [2.05, 4.69) is 52.0 Å². The summed E-state index contributed by atoms with van der Waals surface area (Å²) in [7, 11) is 1.58. The lowest BCUT2D eigenvalue weighted by Crippen LogP contribution is -2.61. The van der Waals surface area contributed by atoms with Crippen LogP contribution < -0.4 is 37.6 Å². The zero-order chi connectivity index (χ0) is 107. The molecule has 45 nitrogen and oxygen atoms in total. The number of hydrogen-bond donors (Lipinski definition) is 9. The molecule has 0 aliphatic carbocycles. The molecule has 12 bridgehead atoms. The maximum absolute atomic E-state index is 14.6. The Kier molecular flexibility index (Phi) is 50.9. The van der Waals surface area contributed by atoms with Crippen molar-refractivity contribution in [3.8, 4) is 0 Å². The number of alkyl carbamates (subject to hydrolysis) is 1. The number of rotatable bonds is 68. The summed E-state index contributed by atoms with van der Waals surface area (Å²) in [6.07, 6.45) is 2.72. The van der Waals surface area contributed by atoms with Crippen molar-refractivity contribution in [2.24, 2.45) is 23.5 Å². The number of primary amides is 1. The molecule has 10 fully saturated rings. The third-order valence-electron chi connectivity index (χ3n) is 27.7. The lowest BCUT2D eigenvalue weighted by molar-refractivity contribution is -0.292. The van der Waals surface area contributed by atoms with Crippen LogP contribution in [0.3, 0.4) is 0 Å². The van der Waals surface area contributed by atoms with Crippen molar-refractivity contribution < 1.29 is 177 Å². The highest BCUT2D eigenvalue weighted by atomic mass is 16.8. The van der Waals surface area contributed by atoms with E-state index in [0.717, 1.165) is 48.2 Å². The van der Waals surface area contributed by atoms with Crippen LogP contribution in [0.2, 0.25) is 0 Å². The zero-order valence-electron chi connectivity index (χ0n) is 86.8. The van der Waals surface area contributed by atoms with Crippen LogP contribution in [-0.4, -0.2) is 414 Å². The summed E-state index contributed by atoms with van der Waals surface area (Å²) in [5, 5.41) is 37.5. The monoisotopic (exact) mass is 2120 g/mol. The number of imide groups is 1. The van der Waals surface area contributed by atoms with Crippen LogP contribution in [-0.2, 0) is 149 Å². The predicted octanol–water partition coefficient (Wildman–Crippen LogP) is 4.67. The molecule has 45 heteroatoms. The van der Waals surface area contributed by atoms with Crippen molar-refractivity contribution in [2.45, 2.75) is 252 Å². The molecule has 1 spiro atoms. The van der Waals surface area contributed by atoms with Gasteiger partial charge in [-0.15, -0.1) is 0 Å². The smallest absolute Gasteiger partial charge is 0.407 e. The van der Waals surface area contributed by atoms with E-state index in [1.807, 2.05) is 0 Å². The molecule has 838 valence electrons. The molecular weight excluding hydrogens is 1970 g/mol. The number of ketones is 2. The van der Waals surface area contributed by atoms with Gasteiger partial charge in [0.2, 0.25) is 17.7 Å². The summed E-state index contributed by atoms with van der Waals surface area (Å²) in [5.74, 6) is -6.22. The fraction of sp³-hybridized carbons (Fsp3) is 0.724. The summed E-state index contributed by atoms with van der Waals surface area (Å²) in [6.45, 7) is 22.7. The first-order chi connectivity index (χ1) is 72.7. The van der Waals surface area contributed by atoms with Crippen molar-refractivity contribution in [2.75, 3.05) is 224 Å². The normalized spacial score (nSPS) is 26.5. The van der Waals surface area contributed by atoms with Gasteiger partial charge in [-0.3, -0.25) is 43.3 Å². The number of carboxylic acid groups (broad SMARTS) is 1. The molecular formula is C105H156N8O37. The zero-order valence-corrected chi connectivity index (χ0v) is 86.8. The summed E-state index contributed by atoms with van der Waals surface area (Å²) in [5.41, 5.74) is 8.06. The number of fused-ring (bicyclic) bond motifs is 6. The number of carbonyl (C=O) groups is 11. The number of amides is 9. The van der Waals surface area contributed by atoms with Crippen molar-refractivity contribution >= 4 is 70.8 Å². The van der Waals surface area contributed by atoms with Crippen LogP contribution in [0.5, 0.6) is 0 Å². The standard InChI is InChI=1S/C105H156N8O37/c1-66(2)92(112-89(117)21-27-129-31-35-133-39-43-137-46-48-138-44-40-134-36-32-130-28-24-107-99(120)72-56-71(57-73(58-72)102(123)124)82(116)20-26-128-30-34-132-38-42-136-47-50-140-52-53-141-51-49-139-45-41-135-37-33-131-29-25-113-90(118)17-18-91(113)119)101(122)111-81(8-7-23-108-103(106)125)100(121)110-74-11-9-70(10-12-74)65-142-104(126)109-64-76(115)61-87-93(127-6)80-60-75(114)59-78-14-16-84-94(145-78)98-97-96(147-84)95-88(148-97)63-105(149-95,150-98)22-19-79-55-68(4)83(143-79)15-13-77-54-67(3)69(5)85(144-77)62-86(80)146-87/h9-12,17-18,56-58,66-67,76-81,83-88,92-98,115H,4-5,7-8,13-16,19-55,59-65H2,1-3,6H3,(H,107,120)(H,109,126)(H,110,121)(H,111,122)(H,112,117)(H,123,124)(H3,106,108,125)/t67-,76+,77+,78-,79+,80+,81+,83+,84+,85-,86+,87-,88-,92+,93-,94+,95+,96?,97?,98+,105+/m1/s1. The van der Waals surface area contributed by atoms with E-state index in [0.29, 0.717) is 149 Å². The molecule has 10 N–H and O–H groups in total. The number of Topliss-reactive ketones (excluding diaryl/α,β-unsaturated/α-hetero) is 2. The lowest BCUT2D eigenvalue weighted by atomic mass is 9.81. The molecule has 0 aromatic heterocycles. The number of nitrogens with one attached hydrogen (secondary N) is 6. The van der Waals surface area contributed by atoms with Gasteiger partial charge in [0.1, 0.15) is 55.0 Å². The van der Waals surface area contributed by atoms with Gasteiger partial charge in [0.25, 0.3) is 17.7 Å². The maximum atomic E-state index is 14.6. The summed E-state index contributed by atoms with van der Waals surface area (Å²) < 4.78 is 144. The highest BCUT2D eigenvalue weighted by Gasteiger charge is 2.69. The number of hydrogen-bond acceptors (Lipinski definition) is 36. The minimum Gasteiger partial charge on any atom is -0.478 e. The number of nitrogens with two attached hydrogens (primary N) is 1. The fourth-order valence-corrected chi connectivity index (χ4v) is 19.9. The number of anilines is 1. The number of benzene rings is 2. The van der Waals surface area contributed by atoms with Gasteiger partial charge in [-0.1, -0.05) is 46.1 Å². The lowest BCUT2D eigenvalue weighted by Gasteiger charge is -2.47. The van der Waals surface area contributed by atoms with Crippen LogP contribution in [0.4, 0.5) is 15.3 Å². The van der Waals surface area contributed by atoms with Gasteiger partial charge in [0.05, 0.1) is 264 Å². The molecule has 0 radical (unpaired) electrons. The predicted molar refractivity (Wildman–Crippen MR) is 533 cm³/mol. The number of carboxylic acids is 1. The van der Waals surface area contributed by atoms with Gasteiger partial charge in [0, 0.05) is 113 Å². The van der Waals surface area contributed by atoms with Crippen LogP contribution in [0.15, 0.2) is 78.9 Å². The summed E-state index contributed by atoms with van der Waals surface area (Å²) >= 11 is 0. The Morgan fingerprint density at radius 1 is 0.527 bits per heavy atom. The second kappa shape index (κ2) is 63.8. The van der Waals surface area contributed by atoms with E-state index >= 15 is 0 Å². The Morgan fingerprint density at radius 3 is 1.66 bits per heavy atom. The molecule has 2 aromatic carbocycles. The highest BCUT2D eigenvalue weighted by molar-refractivity contribution is 6.13. The first-order valence-electron chi connectivity index (χ1n) is 52.8. The molecule has 11 aliphatic heterocycles. The molecule has 21 atom stereocenters. The molecule has 11 heterocycles. The number of carbonyl (C=O) groups excluding carboxylic acids is 10. The SMILES string of the molecule is C=C1C[C@@H]2CC[C@@]34C[C@H]5OC6C(O[C@H]7CC[C@H](CC(=O)C[C@@H]8[C@@H](OC)[C@@H](C[C@H](O)CNC(=O)OCc9ccc(NC(=O)[C@H](CCCNC(N)=O)NC(=O)[C@@H](NC(=O)CCOCCOCCOCCOCCOCCOCCNC(=O)c%10cc(C(=O)O)cc(C(=O)CCOCCOCCOCCOCCOCCOCCOCCOCCN%11C(=O)C=CC%11=O)c%10)C(C)C)cc9)O[C@H]8C[C@H]8O[C@@H](CC[C@@H]1O2)C[C@@H](C)C8=C)O[C@@H]7[C@@H]6O3)[C@H]5O4. The Bertz CT molecular complexity index is 4620. The third-order valence-corrected chi connectivity index (χ3v) is 27.7. The van der Waals surface area contributed by atoms with Gasteiger partial charge in [-0.05, 0) is 117 Å². The van der Waals surface area contributed by atoms with Crippen molar-refractivity contribution in [3.05, 3.63) is 101 Å². The highest BCUT2D eigenvalue weighted by Crippen LogP contribution is 2.55. The molecule has 9 amide bonds. The second-order valence-corrected chi connectivity index (χ2v) is 39.1. The quantitative estimate of drug-likeness (QED) is 0.0188. The number of aliphatic hydroxyl groups excluding tert-OH is 1. The summed E-state index contributed by atoms with van der Waals surface area (Å²) in [6, 6.07) is 7.29. The average molecular weight is 2120 g/mol. The Balaban J connectivity index is 0.455. The van der Waals surface area contributed by atoms with Crippen LogP contribution in [0.1, 0.15) is 167 Å². The molecule has 11 aliphatic rings. The molecule has 2 unspecified atom stereocenters. The largest absolute Gasteiger partial charge is 0.478 e. The van der Waals surface area contributed by atoms with Crippen molar-refractivity contribution in [1.29, 1.82) is 0 Å². The van der Waals surface area contributed by atoms with Crippen molar-refractivity contribution in [1.82, 2.24) is 31.5 Å². The topological polar surface area (TPSA) is 551 Å². The first-order valence-corrected chi connectivity index (χ1v) is 52.8. The van der Waals surface area contributed by atoms with Gasteiger partial charge >= 0.3 is 18.1 Å². The first kappa shape index (κ1) is 120. The van der Waals surface area contributed by atoms with Gasteiger partial charge in [-0.25, -0.2) is 14.4 Å². The van der Waals surface area contributed by atoms with Gasteiger partial charge in [0.15, 0.2) is 11.6 Å². The van der Waals surface area contributed by atoms with E-state index in [-0.39, 0.29) is 252 Å². The Hall–Kier alpha value is -8.93. The average Bonchev–Trinajstić information content (AvgIpc) is 1.54. The van der Waals surface area contributed by atoms with Crippen molar-refractivity contribution in [3.63, 3.8) is 0 Å². The third kappa shape index (κ3) is 38.9.